The molecule has 1 aromatic heterocycles. The summed E-state index contributed by atoms with van der Waals surface area (Å²) >= 11 is 0. The summed E-state index contributed by atoms with van der Waals surface area (Å²) in [6, 6.07) is 2.30. The first-order chi connectivity index (χ1) is 10.5. The molecule has 1 N–H and O–H groups in total. The van der Waals surface area contributed by atoms with Crippen molar-refractivity contribution in [2.75, 3.05) is 5.43 Å². The van der Waals surface area contributed by atoms with Gasteiger partial charge in [-0.2, -0.15) is 18.3 Å². The highest BCUT2D eigenvalue weighted by Gasteiger charge is 2.30. The van der Waals surface area contributed by atoms with Crippen molar-refractivity contribution in [3.63, 3.8) is 0 Å². The Balaban J connectivity index is 1.95. The number of hydrogen-bond donors (Lipinski definition) is 1. The molecule has 3 nitrogen and oxygen atoms in total. The van der Waals surface area contributed by atoms with Gasteiger partial charge in [0.2, 0.25) is 0 Å². The van der Waals surface area contributed by atoms with Crippen molar-refractivity contribution in [3.05, 3.63) is 35.5 Å². The predicted octanol–water partition coefficient (Wildman–Crippen LogP) is 5.17. The van der Waals surface area contributed by atoms with Crippen LogP contribution in [0.1, 0.15) is 51.0 Å². The van der Waals surface area contributed by atoms with E-state index in [0.717, 1.165) is 43.7 Å². The third-order valence-corrected chi connectivity index (χ3v) is 3.59. The Kier molecular flexibility index (Phi) is 5.57. The fourth-order valence-electron chi connectivity index (χ4n) is 2.35. The molecule has 6 heteroatoms. The topological polar surface area (TPSA) is 37.3 Å². The van der Waals surface area contributed by atoms with Crippen molar-refractivity contribution in [1.29, 1.82) is 0 Å². The highest BCUT2D eigenvalue weighted by molar-refractivity contribution is 6.02. The summed E-state index contributed by atoms with van der Waals surface area (Å²) in [6.45, 7) is 2.16. The third-order valence-electron chi connectivity index (χ3n) is 3.59. The second-order valence-electron chi connectivity index (χ2n) is 5.33. The summed E-state index contributed by atoms with van der Waals surface area (Å²) in [5, 5.41) is 4.30. The van der Waals surface area contributed by atoms with E-state index >= 15 is 0 Å². The Morgan fingerprint density at radius 2 is 2.09 bits per heavy atom. The van der Waals surface area contributed by atoms with E-state index < -0.39 is 11.7 Å². The van der Waals surface area contributed by atoms with Gasteiger partial charge in [-0.1, -0.05) is 25.8 Å². The van der Waals surface area contributed by atoms with Gasteiger partial charge in [0.25, 0.3) is 0 Å². The van der Waals surface area contributed by atoms with Crippen LogP contribution < -0.4 is 5.43 Å². The fraction of sp³-hybridized carbons (Fsp3) is 0.500. The van der Waals surface area contributed by atoms with Gasteiger partial charge in [0.1, 0.15) is 5.82 Å². The number of aromatic nitrogens is 1. The minimum Gasteiger partial charge on any atom is -0.261 e. The number of hydrogen-bond acceptors (Lipinski definition) is 3. The van der Waals surface area contributed by atoms with Gasteiger partial charge in [0, 0.05) is 6.20 Å². The molecule has 0 spiro atoms. The summed E-state index contributed by atoms with van der Waals surface area (Å²) in [6.07, 6.45) is 5.00. The van der Waals surface area contributed by atoms with Gasteiger partial charge in [0.05, 0.1) is 11.3 Å². The molecule has 0 bridgehead atoms. The van der Waals surface area contributed by atoms with Crippen LogP contribution in [-0.4, -0.2) is 10.7 Å². The van der Waals surface area contributed by atoms with Gasteiger partial charge < -0.3 is 0 Å². The van der Waals surface area contributed by atoms with Crippen LogP contribution >= 0.6 is 0 Å². The fourth-order valence-corrected chi connectivity index (χ4v) is 2.35. The van der Waals surface area contributed by atoms with E-state index in [2.05, 4.69) is 28.5 Å². The van der Waals surface area contributed by atoms with Crippen molar-refractivity contribution in [3.8, 4) is 0 Å². The van der Waals surface area contributed by atoms with Crippen molar-refractivity contribution >= 4 is 11.5 Å². The molecule has 1 aromatic rings. The molecule has 0 fully saturated rings. The number of nitrogens with one attached hydrogen (secondary N) is 1. The summed E-state index contributed by atoms with van der Waals surface area (Å²) in [5.74, 6) is 0.320. The average molecular weight is 311 g/mol. The first-order valence-electron chi connectivity index (χ1n) is 7.56. The number of unbranched alkanes of at least 4 members (excludes halogenated alkanes) is 2. The molecule has 0 saturated heterocycles. The Bertz CT molecular complexity index is 545. The van der Waals surface area contributed by atoms with Crippen LogP contribution in [0.2, 0.25) is 0 Å². The Labute approximate surface area is 128 Å². The molecule has 22 heavy (non-hydrogen) atoms. The van der Waals surface area contributed by atoms with E-state index in [1.165, 1.54) is 24.5 Å². The number of hydrazone groups is 1. The molecule has 1 aliphatic rings. The van der Waals surface area contributed by atoms with Crippen LogP contribution in [0.5, 0.6) is 0 Å². The monoisotopic (exact) mass is 311 g/mol. The Morgan fingerprint density at radius 3 is 2.73 bits per heavy atom. The van der Waals surface area contributed by atoms with Gasteiger partial charge in [0.15, 0.2) is 0 Å². The molecule has 1 aliphatic carbocycles. The number of nitrogens with zero attached hydrogens (tertiary/aromatic N) is 2. The molecule has 0 radical (unpaired) electrons. The van der Waals surface area contributed by atoms with Crippen molar-refractivity contribution in [2.45, 2.75) is 51.6 Å². The molecular weight excluding hydrogens is 291 g/mol. The zero-order valence-electron chi connectivity index (χ0n) is 12.6. The summed E-state index contributed by atoms with van der Waals surface area (Å²) in [4.78, 5) is 3.75. The average Bonchev–Trinajstić information content (AvgIpc) is 2.92. The standard InChI is InChI=1S/C16H20F3N3/c1-2-3-4-6-12-7-5-8-14(12)21-22-15-10-9-13(11-20-15)16(17,18)19/h7,9-11H,2-6,8H2,1H3,(H,20,22)/b21-14-. The molecule has 2 rings (SSSR count). The highest BCUT2D eigenvalue weighted by atomic mass is 19.4. The molecule has 1 heterocycles. The third kappa shape index (κ3) is 4.58. The quantitative estimate of drug-likeness (QED) is 0.581. The van der Waals surface area contributed by atoms with Crippen LogP contribution in [0, 0.1) is 0 Å². The lowest BCUT2D eigenvalue weighted by Gasteiger charge is -2.08. The number of halogens is 3. The van der Waals surface area contributed by atoms with E-state index in [4.69, 9.17) is 0 Å². The summed E-state index contributed by atoms with van der Waals surface area (Å²) in [5.41, 5.74) is 4.22. The molecule has 0 amide bonds. The second-order valence-corrected chi connectivity index (χ2v) is 5.33. The molecule has 0 unspecified atom stereocenters. The number of alkyl halides is 3. The van der Waals surface area contributed by atoms with Gasteiger partial charge in [-0.3, -0.25) is 5.43 Å². The molecule has 0 aliphatic heterocycles. The van der Waals surface area contributed by atoms with Gasteiger partial charge in [-0.25, -0.2) is 4.98 Å². The highest BCUT2D eigenvalue weighted by Crippen LogP contribution is 2.29. The smallest absolute Gasteiger partial charge is 0.261 e. The van der Waals surface area contributed by atoms with E-state index in [1.807, 2.05) is 0 Å². The second kappa shape index (κ2) is 7.42. The molecular formula is C16H20F3N3. The number of allylic oxidation sites excluding steroid dienone is 2. The zero-order chi connectivity index (χ0) is 16.0. The first-order valence-corrected chi connectivity index (χ1v) is 7.56. The summed E-state index contributed by atoms with van der Waals surface area (Å²) in [7, 11) is 0. The maximum atomic E-state index is 12.5. The van der Waals surface area contributed by atoms with E-state index in [9.17, 15) is 13.2 Å². The van der Waals surface area contributed by atoms with Crippen LogP contribution in [0.25, 0.3) is 0 Å². The normalized spacial score (nSPS) is 16.9. The maximum Gasteiger partial charge on any atom is 0.417 e. The number of rotatable bonds is 6. The Morgan fingerprint density at radius 1 is 1.27 bits per heavy atom. The van der Waals surface area contributed by atoms with E-state index in [-0.39, 0.29) is 0 Å². The van der Waals surface area contributed by atoms with Crippen molar-refractivity contribution in [1.82, 2.24) is 4.98 Å². The maximum absolute atomic E-state index is 12.5. The summed E-state index contributed by atoms with van der Waals surface area (Å²) < 4.78 is 37.4. The molecule has 0 saturated carbocycles. The number of pyridine rings is 1. The lowest BCUT2D eigenvalue weighted by molar-refractivity contribution is -0.137. The SMILES string of the molecule is CCCCCC1=CCC/C1=N/Nc1ccc(C(F)(F)F)cn1. The lowest BCUT2D eigenvalue weighted by atomic mass is 10.1. The minimum atomic E-state index is -4.36. The Hall–Kier alpha value is -1.85. The van der Waals surface area contributed by atoms with E-state index in [1.54, 1.807) is 0 Å². The predicted molar refractivity (Wildman–Crippen MR) is 81.8 cm³/mol. The van der Waals surface area contributed by atoms with E-state index in [0.29, 0.717) is 5.82 Å². The van der Waals surface area contributed by atoms with Crippen LogP contribution in [0.3, 0.4) is 0 Å². The van der Waals surface area contributed by atoms with Crippen LogP contribution in [-0.2, 0) is 6.18 Å². The minimum absolute atomic E-state index is 0.320. The molecule has 0 atom stereocenters. The van der Waals surface area contributed by atoms with Crippen LogP contribution in [0.4, 0.5) is 19.0 Å². The largest absolute Gasteiger partial charge is 0.417 e. The number of anilines is 1. The molecule has 120 valence electrons. The molecule has 0 aromatic carbocycles. The zero-order valence-corrected chi connectivity index (χ0v) is 12.6. The van der Waals surface area contributed by atoms with Crippen molar-refractivity contribution < 1.29 is 13.2 Å². The lowest BCUT2D eigenvalue weighted by Crippen LogP contribution is -2.06. The van der Waals surface area contributed by atoms with Gasteiger partial charge in [-0.05, 0) is 43.4 Å². The first kappa shape index (κ1) is 16.5. The van der Waals surface area contributed by atoms with Gasteiger partial charge in [-0.15, -0.1) is 0 Å². The van der Waals surface area contributed by atoms with Crippen LogP contribution in [0.15, 0.2) is 35.1 Å². The van der Waals surface area contributed by atoms with Crippen molar-refractivity contribution in [2.24, 2.45) is 5.10 Å². The van der Waals surface area contributed by atoms with Gasteiger partial charge >= 0.3 is 6.18 Å².